The standard InChI is InChI=1S/C33H38F2N4/c1-7-8-9-26(25-10-12-28(13-11-25)39-15-14-37-33(5,6)21-39)16-23(3)36-20-22(2)29-17-24(4)38-32-30(29)18-27(34)19-31(32)35/h8-13,16-20,37H,7,14-15,21H2,1-6H3/b9-8-,22-20+,26-16+,36-23+. The molecule has 0 aliphatic carbocycles. The number of halogens is 2. The molecule has 0 saturated carbocycles. The molecule has 4 nitrogen and oxygen atoms in total. The summed E-state index contributed by atoms with van der Waals surface area (Å²) in [5, 5.41) is 4.00. The molecule has 1 aromatic heterocycles. The topological polar surface area (TPSA) is 40.5 Å². The Morgan fingerprint density at radius 3 is 2.56 bits per heavy atom. The number of nitrogens with zero attached hydrogens (tertiary/aromatic N) is 3. The highest BCUT2D eigenvalue weighted by atomic mass is 19.1. The molecule has 1 saturated heterocycles. The first kappa shape index (κ1) is 28.4. The number of fused-ring (bicyclic) bond motifs is 1. The molecule has 1 aliphatic heterocycles. The SMILES string of the molecule is CC\C=C/C(=C\C(C)=N\C=C(/C)c1cc(C)nc2c(F)cc(F)cc12)c1ccc(N2CCNC(C)(C)C2)cc1. The molecule has 39 heavy (non-hydrogen) atoms. The van der Waals surface area contributed by atoms with Crippen LogP contribution in [0.15, 0.2) is 71.9 Å². The van der Waals surface area contributed by atoms with E-state index in [0.29, 0.717) is 16.6 Å². The number of aromatic nitrogens is 1. The van der Waals surface area contributed by atoms with Gasteiger partial charge in [0.05, 0.1) is 0 Å². The molecule has 1 N–H and O–H groups in total. The third-order valence-corrected chi connectivity index (χ3v) is 6.88. The Bertz CT molecular complexity index is 1460. The number of rotatable bonds is 7. The van der Waals surface area contributed by atoms with Crippen LogP contribution >= 0.6 is 0 Å². The molecular weight excluding hydrogens is 490 g/mol. The van der Waals surface area contributed by atoms with Crippen LogP contribution in [0.25, 0.3) is 22.0 Å². The van der Waals surface area contributed by atoms with E-state index >= 15 is 0 Å². The highest BCUT2D eigenvalue weighted by Gasteiger charge is 2.25. The Kier molecular flexibility index (Phi) is 8.76. The van der Waals surface area contributed by atoms with Crippen molar-refractivity contribution >= 4 is 33.4 Å². The van der Waals surface area contributed by atoms with Crippen molar-refractivity contribution in [3.8, 4) is 0 Å². The van der Waals surface area contributed by atoms with E-state index in [1.165, 1.54) is 11.8 Å². The van der Waals surface area contributed by atoms with E-state index in [4.69, 9.17) is 0 Å². The summed E-state index contributed by atoms with van der Waals surface area (Å²) in [6, 6.07) is 12.7. The molecule has 0 spiro atoms. The van der Waals surface area contributed by atoms with Crippen LogP contribution in [0.4, 0.5) is 14.5 Å². The van der Waals surface area contributed by atoms with Crippen LogP contribution in [-0.2, 0) is 0 Å². The fourth-order valence-electron chi connectivity index (χ4n) is 4.94. The van der Waals surface area contributed by atoms with Crippen molar-refractivity contribution in [3.63, 3.8) is 0 Å². The van der Waals surface area contributed by atoms with Crippen LogP contribution in [-0.4, -0.2) is 35.9 Å². The summed E-state index contributed by atoms with van der Waals surface area (Å²) < 4.78 is 28.4. The molecular formula is C33H38F2N4. The zero-order valence-corrected chi connectivity index (χ0v) is 23.8. The molecule has 0 atom stereocenters. The minimum absolute atomic E-state index is 0.0919. The largest absolute Gasteiger partial charge is 0.368 e. The molecule has 0 amide bonds. The molecule has 0 bridgehead atoms. The molecule has 0 unspecified atom stereocenters. The number of aliphatic imine (C=N–C) groups is 1. The quantitative estimate of drug-likeness (QED) is 0.250. The summed E-state index contributed by atoms with van der Waals surface area (Å²) in [5.41, 5.74) is 6.69. The van der Waals surface area contributed by atoms with E-state index in [2.05, 4.69) is 83.5 Å². The van der Waals surface area contributed by atoms with Gasteiger partial charge in [0.1, 0.15) is 11.3 Å². The van der Waals surface area contributed by atoms with Gasteiger partial charge in [0.2, 0.25) is 0 Å². The highest BCUT2D eigenvalue weighted by molar-refractivity contribution is 6.02. The van der Waals surface area contributed by atoms with Gasteiger partial charge in [0.25, 0.3) is 0 Å². The average molecular weight is 529 g/mol. The molecule has 2 heterocycles. The molecule has 3 aromatic rings. The second-order valence-corrected chi connectivity index (χ2v) is 10.9. The minimum atomic E-state index is -0.663. The molecule has 0 radical (unpaired) electrons. The van der Waals surface area contributed by atoms with Crippen molar-refractivity contribution in [2.24, 2.45) is 4.99 Å². The van der Waals surface area contributed by atoms with Crippen molar-refractivity contribution in [2.45, 2.75) is 53.5 Å². The van der Waals surface area contributed by atoms with Crippen LogP contribution in [0.2, 0.25) is 0 Å². The smallest absolute Gasteiger partial charge is 0.152 e. The number of hydrogen-bond donors (Lipinski definition) is 1. The van der Waals surface area contributed by atoms with Crippen molar-refractivity contribution < 1.29 is 8.78 Å². The maximum Gasteiger partial charge on any atom is 0.152 e. The van der Waals surface area contributed by atoms with Gasteiger partial charge in [0, 0.05) is 59.9 Å². The van der Waals surface area contributed by atoms with Gasteiger partial charge in [-0.05, 0) is 93.7 Å². The first-order chi connectivity index (χ1) is 18.6. The Labute approximate surface area is 230 Å². The molecule has 4 rings (SSSR count). The molecule has 1 fully saturated rings. The van der Waals surface area contributed by atoms with Gasteiger partial charge >= 0.3 is 0 Å². The first-order valence-corrected chi connectivity index (χ1v) is 13.5. The van der Waals surface area contributed by atoms with Crippen LogP contribution in [0.5, 0.6) is 0 Å². The van der Waals surface area contributed by atoms with Gasteiger partial charge in [-0.25, -0.2) is 13.8 Å². The highest BCUT2D eigenvalue weighted by Crippen LogP contribution is 2.28. The first-order valence-electron chi connectivity index (χ1n) is 13.5. The normalized spacial score (nSPS) is 16.9. The van der Waals surface area contributed by atoms with Crippen molar-refractivity contribution in [3.05, 3.63) is 95.3 Å². The monoisotopic (exact) mass is 528 g/mol. The van der Waals surface area contributed by atoms with Gasteiger partial charge < -0.3 is 10.2 Å². The second kappa shape index (κ2) is 12.0. The van der Waals surface area contributed by atoms with Crippen LogP contribution in [0.1, 0.15) is 57.9 Å². The number of allylic oxidation sites excluding steroid dienone is 5. The Balaban J connectivity index is 1.62. The number of anilines is 1. The van der Waals surface area contributed by atoms with Crippen molar-refractivity contribution in [1.82, 2.24) is 10.3 Å². The third kappa shape index (κ3) is 7.07. The van der Waals surface area contributed by atoms with Crippen LogP contribution in [0, 0.1) is 18.6 Å². The molecule has 204 valence electrons. The minimum Gasteiger partial charge on any atom is -0.368 e. The molecule has 2 aromatic carbocycles. The number of hydrogen-bond acceptors (Lipinski definition) is 4. The van der Waals surface area contributed by atoms with E-state index in [1.807, 2.05) is 19.9 Å². The predicted octanol–water partition coefficient (Wildman–Crippen LogP) is 7.88. The fourth-order valence-corrected chi connectivity index (χ4v) is 4.94. The molecule has 6 heteroatoms. The lowest BCUT2D eigenvalue weighted by Crippen LogP contribution is -2.57. The number of pyridine rings is 1. The zero-order valence-electron chi connectivity index (χ0n) is 23.8. The molecule has 1 aliphatic rings. The van der Waals surface area contributed by atoms with Crippen molar-refractivity contribution in [1.29, 1.82) is 0 Å². The number of benzene rings is 2. The number of nitrogens with one attached hydrogen (secondary N) is 1. The van der Waals surface area contributed by atoms with Gasteiger partial charge in [-0.3, -0.25) is 4.99 Å². The fraction of sp³-hybridized carbons (Fsp3) is 0.333. The van der Waals surface area contributed by atoms with Crippen LogP contribution in [0.3, 0.4) is 0 Å². The Morgan fingerprint density at radius 2 is 1.87 bits per heavy atom. The third-order valence-electron chi connectivity index (χ3n) is 6.88. The Morgan fingerprint density at radius 1 is 1.13 bits per heavy atom. The zero-order chi connectivity index (χ0) is 28.2. The van der Waals surface area contributed by atoms with Gasteiger partial charge in [-0.15, -0.1) is 0 Å². The lowest BCUT2D eigenvalue weighted by atomic mass is 10.00. The lowest BCUT2D eigenvalue weighted by Gasteiger charge is -2.40. The predicted molar refractivity (Wildman–Crippen MR) is 161 cm³/mol. The van der Waals surface area contributed by atoms with E-state index in [0.717, 1.165) is 54.5 Å². The van der Waals surface area contributed by atoms with E-state index in [9.17, 15) is 8.78 Å². The van der Waals surface area contributed by atoms with E-state index in [1.54, 1.807) is 13.1 Å². The Hall–Kier alpha value is -3.64. The van der Waals surface area contributed by atoms with E-state index < -0.39 is 11.6 Å². The maximum atomic E-state index is 14.4. The van der Waals surface area contributed by atoms with E-state index in [-0.39, 0.29) is 11.1 Å². The summed E-state index contributed by atoms with van der Waals surface area (Å²) in [6.45, 7) is 15.2. The lowest BCUT2D eigenvalue weighted by molar-refractivity contribution is 0.353. The van der Waals surface area contributed by atoms with Crippen molar-refractivity contribution in [2.75, 3.05) is 24.5 Å². The average Bonchev–Trinajstić information content (AvgIpc) is 2.89. The maximum absolute atomic E-state index is 14.4. The number of piperazine rings is 1. The summed E-state index contributed by atoms with van der Waals surface area (Å²) >= 11 is 0. The second-order valence-electron chi connectivity index (χ2n) is 10.9. The van der Waals surface area contributed by atoms with Gasteiger partial charge in [-0.1, -0.05) is 31.2 Å². The van der Waals surface area contributed by atoms with Crippen LogP contribution < -0.4 is 10.2 Å². The summed E-state index contributed by atoms with van der Waals surface area (Å²) in [5.74, 6) is -1.29. The summed E-state index contributed by atoms with van der Waals surface area (Å²) in [7, 11) is 0. The summed E-state index contributed by atoms with van der Waals surface area (Å²) in [4.78, 5) is 11.4. The van der Waals surface area contributed by atoms with Gasteiger partial charge in [-0.2, -0.15) is 0 Å². The number of aryl methyl sites for hydroxylation is 1. The van der Waals surface area contributed by atoms with Gasteiger partial charge in [0.15, 0.2) is 5.82 Å². The summed E-state index contributed by atoms with van der Waals surface area (Å²) in [6.07, 6.45) is 9.02.